The molecule has 4 rings (SSSR count). The number of hydrogen-bond donors (Lipinski definition) is 1. The van der Waals surface area contributed by atoms with Crippen LogP contribution in [0.25, 0.3) is 11.0 Å². The van der Waals surface area contributed by atoms with Crippen LogP contribution in [-0.2, 0) is 11.2 Å². The first-order valence-electron chi connectivity index (χ1n) is 8.70. The van der Waals surface area contributed by atoms with Crippen LogP contribution in [0.1, 0.15) is 42.1 Å². The number of amides is 1. The number of nitrogens with zero attached hydrogens (tertiary/aromatic N) is 1. The van der Waals surface area contributed by atoms with E-state index in [9.17, 15) is 4.79 Å². The highest BCUT2D eigenvalue weighted by molar-refractivity contribution is 7.10. The Bertz CT molecular complexity index is 865. The van der Waals surface area contributed by atoms with E-state index in [1.807, 2.05) is 48.6 Å². The van der Waals surface area contributed by atoms with Crippen LogP contribution in [0.15, 0.2) is 46.2 Å². The van der Waals surface area contributed by atoms with Crippen molar-refractivity contribution in [2.24, 2.45) is 0 Å². The van der Waals surface area contributed by atoms with Gasteiger partial charge in [-0.05, 0) is 49.4 Å². The topological polar surface area (TPSA) is 45.5 Å². The summed E-state index contributed by atoms with van der Waals surface area (Å²) in [7, 11) is 0. The van der Waals surface area contributed by atoms with Gasteiger partial charge in [-0.25, -0.2) is 0 Å². The van der Waals surface area contributed by atoms with E-state index in [0.29, 0.717) is 12.6 Å². The predicted octanol–water partition coefficient (Wildman–Crippen LogP) is 4.29. The van der Waals surface area contributed by atoms with Crippen molar-refractivity contribution in [2.45, 2.75) is 32.4 Å². The normalized spacial score (nSPS) is 18.9. The van der Waals surface area contributed by atoms with Crippen molar-refractivity contribution < 1.29 is 9.21 Å². The number of nitrogens with one attached hydrogen (secondary N) is 1. The van der Waals surface area contributed by atoms with Crippen LogP contribution in [0.4, 0.5) is 0 Å². The Labute approximate surface area is 151 Å². The van der Waals surface area contributed by atoms with E-state index in [4.69, 9.17) is 4.42 Å². The molecule has 1 amide bonds. The van der Waals surface area contributed by atoms with Gasteiger partial charge >= 0.3 is 0 Å². The van der Waals surface area contributed by atoms with Gasteiger partial charge in [-0.15, -0.1) is 11.3 Å². The van der Waals surface area contributed by atoms with Gasteiger partial charge in [-0.2, -0.15) is 0 Å². The van der Waals surface area contributed by atoms with Crippen molar-refractivity contribution in [3.8, 4) is 0 Å². The Hall–Kier alpha value is -2.11. The standard InChI is InChI=1S/C20H22N2O2S/c1-13(18-11-15-5-3-4-6-17(15)24-18)21-20(23)12-22-9-7-19-16(14(22)2)8-10-25-19/h3-6,8,10-11,13-14H,7,9,12H2,1-2H3,(H,21,23)/t13-,14+/m0/s1. The number of thiophene rings is 1. The lowest BCUT2D eigenvalue weighted by Gasteiger charge is -2.33. The van der Waals surface area contributed by atoms with Crippen molar-refractivity contribution in [1.29, 1.82) is 0 Å². The van der Waals surface area contributed by atoms with Crippen LogP contribution in [0.2, 0.25) is 0 Å². The van der Waals surface area contributed by atoms with Gasteiger partial charge in [0.05, 0.1) is 12.6 Å². The molecule has 0 saturated heterocycles. The molecule has 0 aliphatic carbocycles. The third-order valence-corrected chi connectivity index (χ3v) is 6.00. The van der Waals surface area contributed by atoms with Gasteiger partial charge in [0.15, 0.2) is 0 Å². The molecule has 1 aliphatic rings. The minimum Gasteiger partial charge on any atom is -0.459 e. The number of carbonyl (C=O) groups excluding carboxylic acids is 1. The van der Waals surface area contributed by atoms with Crippen LogP contribution in [0.3, 0.4) is 0 Å². The Kier molecular flexibility index (Phi) is 4.36. The van der Waals surface area contributed by atoms with Gasteiger partial charge in [0.25, 0.3) is 0 Å². The van der Waals surface area contributed by atoms with Gasteiger partial charge in [-0.1, -0.05) is 18.2 Å². The van der Waals surface area contributed by atoms with E-state index < -0.39 is 0 Å². The van der Waals surface area contributed by atoms with Crippen LogP contribution in [-0.4, -0.2) is 23.9 Å². The Balaban J connectivity index is 1.40. The Morgan fingerprint density at radius 2 is 2.24 bits per heavy atom. The third kappa shape index (κ3) is 3.22. The number of para-hydroxylation sites is 1. The summed E-state index contributed by atoms with van der Waals surface area (Å²) in [4.78, 5) is 16.2. The molecule has 5 heteroatoms. The molecule has 0 radical (unpaired) electrons. The fraction of sp³-hybridized carbons (Fsp3) is 0.350. The highest BCUT2D eigenvalue weighted by Crippen LogP contribution is 2.32. The summed E-state index contributed by atoms with van der Waals surface area (Å²) in [6.45, 7) is 5.50. The lowest BCUT2D eigenvalue weighted by molar-refractivity contribution is -0.123. The summed E-state index contributed by atoms with van der Waals surface area (Å²) < 4.78 is 5.85. The monoisotopic (exact) mass is 354 g/mol. The smallest absolute Gasteiger partial charge is 0.234 e. The number of furan rings is 1. The van der Waals surface area contributed by atoms with E-state index in [1.165, 1.54) is 10.4 Å². The van der Waals surface area contributed by atoms with Crippen molar-refractivity contribution in [2.75, 3.05) is 13.1 Å². The molecule has 130 valence electrons. The molecule has 1 N–H and O–H groups in total. The molecule has 4 nitrogen and oxygen atoms in total. The van der Waals surface area contributed by atoms with E-state index in [-0.39, 0.29) is 11.9 Å². The molecule has 0 unspecified atom stereocenters. The first-order valence-corrected chi connectivity index (χ1v) is 9.58. The highest BCUT2D eigenvalue weighted by Gasteiger charge is 2.26. The first-order chi connectivity index (χ1) is 12.1. The summed E-state index contributed by atoms with van der Waals surface area (Å²) in [5.74, 6) is 0.833. The lowest BCUT2D eigenvalue weighted by Crippen LogP contribution is -2.42. The van der Waals surface area contributed by atoms with E-state index in [0.717, 1.165) is 29.7 Å². The van der Waals surface area contributed by atoms with Crippen molar-refractivity contribution in [3.05, 3.63) is 58.0 Å². The Morgan fingerprint density at radius 1 is 1.40 bits per heavy atom. The van der Waals surface area contributed by atoms with E-state index in [1.54, 1.807) is 0 Å². The second-order valence-electron chi connectivity index (χ2n) is 6.67. The van der Waals surface area contributed by atoms with Crippen LogP contribution >= 0.6 is 11.3 Å². The van der Waals surface area contributed by atoms with Gasteiger partial charge in [0, 0.05) is 22.8 Å². The maximum Gasteiger partial charge on any atom is 0.234 e. The number of hydrogen-bond acceptors (Lipinski definition) is 4. The molecule has 1 aromatic carbocycles. The molecule has 2 atom stereocenters. The molecule has 1 aliphatic heterocycles. The zero-order valence-electron chi connectivity index (χ0n) is 14.5. The fourth-order valence-corrected chi connectivity index (χ4v) is 4.50. The summed E-state index contributed by atoms with van der Waals surface area (Å²) in [6, 6.07) is 12.2. The molecule has 0 fully saturated rings. The van der Waals surface area contributed by atoms with Crippen molar-refractivity contribution >= 4 is 28.2 Å². The van der Waals surface area contributed by atoms with Crippen LogP contribution in [0, 0.1) is 0 Å². The number of fused-ring (bicyclic) bond motifs is 2. The Morgan fingerprint density at radius 3 is 3.08 bits per heavy atom. The number of benzene rings is 1. The number of carbonyl (C=O) groups is 1. The zero-order chi connectivity index (χ0) is 17.4. The average molecular weight is 354 g/mol. The van der Waals surface area contributed by atoms with Gasteiger partial charge in [-0.3, -0.25) is 9.69 Å². The molecule has 0 bridgehead atoms. The molecule has 0 spiro atoms. The quantitative estimate of drug-likeness (QED) is 0.760. The zero-order valence-corrected chi connectivity index (χ0v) is 15.3. The summed E-state index contributed by atoms with van der Waals surface area (Å²) in [5.41, 5.74) is 2.22. The first kappa shape index (κ1) is 16.4. The fourth-order valence-electron chi connectivity index (χ4n) is 3.54. The molecule has 3 heterocycles. The van der Waals surface area contributed by atoms with Gasteiger partial charge in [0.1, 0.15) is 11.3 Å². The minimum atomic E-state index is -0.142. The number of rotatable bonds is 4. The lowest BCUT2D eigenvalue weighted by atomic mass is 10.0. The molecular formula is C20H22N2O2S. The summed E-state index contributed by atoms with van der Waals surface area (Å²) in [6.07, 6.45) is 1.03. The van der Waals surface area contributed by atoms with Gasteiger partial charge < -0.3 is 9.73 Å². The largest absolute Gasteiger partial charge is 0.459 e. The van der Waals surface area contributed by atoms with E-state index in [2.05, 4.69) is 28.6 Å². The summed E-state index contributed by atoms with van der Waals surface area (Å²) in [5, 5.41) is 6.28. The third-order valence-electron chi connectivity index (χ3n) is 5.00. The van der Waals surface area contributed by atoms with Crippen molar-refractivity contribution in [1.82, 2.24) is 10.2 Å². The average Bonchev–Trinajstić information content (AvgIpc) is 3.24. The van der Waals surface area contributed by atoms with Crippen LogP contribution in [0.5, 0.6) is 0 Å². The predicted molar refractivity (Wildman–Crippen MR) is 101 cm³/mol. The maximum absolute atomic E-state index is 12.5. The molecule has 3 aromatic rings. The second kappa shape index (κ2) is 6.65. The van der Waals surface area contributed by atoms with Crippen LogP contribution < -0.4 is 5.32 Å². The second-order valence-corrected chi connectivity index (χ2v) is 7.67. The van der Waals surface area contributed by atoms with Crippen molar-refractivity contribution in [3.63, 3.8) is 0 Å². The summed E-state index contributed by atoms with van der Waals surface area (Å²) >= 11 is 1.82. The SMILES string of the molecule is C[C@H](NC(=O)CN1CCc2sccc2[C@H]1C)c1cc2ccccc2o1. The van der Waals surface area contributed by atoms with E-state index >= 15 is 0 Å². The maximum atomic E-state index is 12.5. The minimum absolute atomic E-state index is 0.0403. The highest BCUT2D eigenvalue weighted by atomic mass is 32.1. The molecule has 0 saturated carbocycles. The molecule has 25 heavy (non-hydrogen) atoms. The molecule has 2 aromatic heterocycles. The molecular weight excluding hydrogens is 332 g/mol. The van der Waals surface area contributed by atoms with Gasteiger partial charge in [0.2, 0.25) is 5.91 Å².